The summed E-state index contributed by atoms with van der Waals surface area (Å²) in [7, 11) is 1.69. The summed E-state index contributed by atoms with van der Waals surface area (Å²) in [5.74, 6) is 2.13. The third-order valence-electron chi connectivity index (χ3n) is 6.30. The van der Waals surface area contributed by atoms with Crippen LogP contribution in [0.3, 0.4) is 0 Å². The minimum atomic E-state index is -0.664. The molecule has 1 N–H and O–H groups in total. The first-order valence-corrected chi connectivity index (χ1v) is 12.3. The minimum absolute atomic E-state index is 0.264. The average molecular weight is 431 g/mol. The monoisotopic (exact) mass is 430 g/mol. The second kappa shape index (κ2) is 11.6. The Morgan fingerprint density at radius 2 is 2.17 bits per heavy atom. The van der Waals surface area contributed by atoms with Gasteiger partial charge in [-0.25, -0.2) is 0 Å². The van der Waals surface area contributed by atoms with Gasteiger partial charge in [-0.3, -0.25) is 9.78 Å². The highest BCUT2D eigenvalue weighted by molar-refractivity contribution is 7.98. The number of thioether (sulfide) groups is 1. The third kappa shape index (κ3) is 6.35. The number of carbonyl (C=O) groups is 1. The van der Waals surface area contributed by atoms with Gasteiger partial charge in [0, 0.05) is 24.5 Å². The first-order valence-electron chi connectivity index (χ1n) is 11.0. The van der Waals surface area contributed by atoms with Crippen LogP contribution >= 0.6 is 11.8 Å². The Kier molecular flexibility index (Phi) is 8.82. The molecule has 0 unspecified atom stereocenters. The number of carboxylic acids is 1. The first kappa shape index (κ1) is 22.9. The molecule has 0 bridgehead atoms. The fourth-order valence-electron chi connectivity index (χ4n) is 4.71. The maximum absolute atomic E-state index is 11.4. The van der Waals surface area contributed by atoms with Crippen molar-refractivity contribution in [2.24, 2.45) is 11.8 Å². The number of carboxylic acid groups (broad SMARTS) is 1. The molecule has 0 amide bonds. The van der Waals surface area contributed by atoms with E-state index in [-0.39, 0.29) is 5.92 Å². The maximum atomic E-state index is 11.4. The zero-order valence-electron chi connectivity index (χ0n) is 18.2. The fraction of sp³-hybridized carbons (Fsp3) is 0.583. The Balaban J connectivity index is 1.59. The van der Waals surface area contributed by atoms with Crippen molar-refractivity contribution in [3.8, 4) is 5.75 Å². The van der Waals surface area contributed by atoms with Crippen molar-refractivity contribution in [1.82, 2.24) is 9.88 Å². The molecule has 3 rings (SSSR count). The zero-order valence-corrected chi connectivity index (χ0v) is 19.0. The predicted octanol–water partition coefficient (Wildman–Crippen LogP) is 4.73. The Morgan fingerprint density at radius 3 is 2.93 bits per heavy atom. The van der Waals surface area contributed by atoms with Gasteiger partial charge in [-0.15, -0.1) is 0 Å². The Hall–Kier alpha value is -1.79. The molecule has 164 valence electrons. The molecule has 2 heterocycles. The molecular formula is C24H34N2O3S. The van der Waals surface area contributed by atoms with Gasteiger partial charge < -0.3 is 14.7 Å². The molecule has 2 aromatic rings. The molecule has 0 spiro atoms. The lowest BCUT2D eigenvalue weighted by atomic mass is 9.80. The predicted molar refractivity (Wildman–Crippen MR) is 125 cm³/mol. The lowest BCUT2D eigenvalue weighted by Crippen LogP contribution is -2.41. The smallest absolute Gasteiger partial charge is 0.303 e. The van der Waals surface area contributed by atoms with Crippen molar-refractivity contribution >= 4 is 28.6 Å². The molecule has 0 aliphatic carbocycles. The number of methoxy groups -OCH3 is 1. The summed E-state index contributed by atoms with van der Waals surface area (Å²) < 4.78 is 5.38. The number of hydrogen-bond donors (Lipinski definition) is 1. The minimum Gasteiger partial charge on any atom is -0.497 e. The summed E-state index contributed by atoms with van der Waals surface area (Å²) in [5, 5.41) is 10.6. The number of piperidine rings is 1. The number of rotatable bonds is 11. The van der Waals surface area contributed by atoms with Gasteiger partial charge in [0.2, 0.25) is 0 Å². The van der Waals surface area contributed by atoms with Gasteiger partial charge in [-0.05, 0) is 98.9 Å². The van der Waals surface area contributed by atoms with E-state index in [0.29, 0.717) is 12.3 Å². The number of pyridine rings is 1. The molecule has 1 aromatic heterocycles. The van der Waals surface area contributed by atoms with E-state index in [1.54, 1.807) is 7.11 Å². The second-order valence-electron chi connectivity index (χ2n) is 8.30. The van der Waals surface area contributed by atoms with Gasteiger partial charge in [0.1, 0.15) is 5.75 Å². The largest absolute Gasteiger partial charge is 0.497 e. The van der Waals surface area contributed by atoms with Crippen molar-refractivity contribution in [3.63, 3.8) is 0 Å². The number of aromatic nitrogens is 1. The number of hydrogen-bond acceptors (Lipinski definition) is 5. The lowest BCUT2D eigenvalue weighted by Gasteiger charge is -2.38. The van der Waals surface area contributed by atoms with E-state index < -0.39 is 5.97 Å². The van der Waals surface area contributed by atoms with Gasteiger partial charge in [0.15, 0.2) is 0 Å². The van der Waals surface area contributed by atoms with Crippen molar-refractivity contribution in [3.05, 3.63) is 36.0 Å². The molecule has 1 aromatic carbocycles. The van der Waals surface area contributed by atoms with Crippen LogP contribution in [0.15, 0.2) is 30.5 Å². The van der Waals surface area contributed by atoms with Crippen molar-refractivity contribution in [2.45, 2.75) is 38.5 Å². The Morgan fingerprint density at radius 1 is 1.30 bits per heavy atom. The highest BCUT2D eigenvalue weighted by Crippen LogP contribution is 2.31. The number of likely N-dealkylation sites (tertiary alicyclic amines) is 1. The molecule has 1 aliphatic heterocycles. The molecule has 2 atom stereocenters. The van der Waals surface area contributed by atoms with Crippen LogP contribution in [0.5, 0.6) is 5.75 Å². The maximum Gasteiger partial charge on any atom is 0.303 e. The number of ether oxygens (including phenoxy) is 1. The normalized spacial score (nSPS) is 19.8. The topological polar surface area (TPSA) is 62.7 Å². The van der Waals surface area contributed by atoms with Crippen LogP contribution in [0.1, 0.15) is 37.7 Å². The molecular weight excluding hydrogens is 396 g/mol. The molecule has 0 saturated carbocycles. The summed E-state index contributed by atoms with van der Waals surface area (Å²) in [6, 6.07) is 8.12. The van der Waals surface area contributed by atoms with E-state index in [0.717, 1.165) is 62.0 Å². The molecule has 1 aliphatic rings. The quantitative estimate of drug-likeness (QED) is 0.520. The molecule has 6 heteroatoms. The van der Waals surface area contributed by atoms with E-state index >= 15 is 0 Å². The summed E-state index contributed by atoms with van der Waals surface area (Å²) in [6.45, 7) is 3.12. The van der Waals surface area contributed by atoms with Crippen LogP contribution < -0.4 is 4.74 Å². The number of fused-ring (bicyclic) bond motifs is 1. The van der Waals surface area contributed by atoms with Crippen LogP contribution in [0.25, 0.3) is 10.9 Å². The second-order valence-corrected chi connectivity index (χ2v) is 9.28. The molecule has 30 heavy (non-hydrogen) atoms. The summed E-state index contributed by atoms with van der Waals surface area (Å²) in [5.41, 5.74) is 2.29. The molecule has 5 nitrogen and oxygen atoms in total. The van der Waals surface area contributed by atoms with E-state index in [2.05, 4.69) is 28.3 Å². The third-order valence-corrected chi connectivity index (χ3v) is 6.99. The molecule has 1 saturated heterocycles. The fourth-order valence-corrected chi connectivity index (χ4v) is 5.13. The van der Waals surface area contributed by atoms with Crippen LogP contribution in [0, 0.1) is 11.8 Å². The SMILES string of the molecule is COc1ccc2nccc(CCC[C@@H]3CCN(CCCSC)C[C@@H]3CC(=O)O)c2c1. The van der Waals surface area contributed by atoms with Gasteiger partial charge in [0.05, 0.1) is 12.6 Å². The van der Waals surface area contributed by atoms with Crippen LogP contribution in [-0.4, -0.2) is 59.7 Å². The van der Waals surface area contributed by atoms with Crippen molar-refractivity contribution in [1.29, 1.82) is 0 Å². The van der Waals surface area contributed by atoms with Crippen molar-refractivity contribution < 1.29 is 14.6 Å². The van der Waals surface area contributed by atoms with Gasteiger partial charge in [-0.2, -0.15) is 11.8 Å². The first-order chi connectivity index (χ1) is 14.6. The summed E-state index contributed by atoms with van der Waals surface area (Å²) in [4.78, 5) is 18.4. The highest BCUT2D eigenvalue weighted by atomic mass is 32.2. The Labute approximate surface area is 184 Å². The van der Waals surface area contributed by atoms with E-state index in [1.807, 2.05) is 30.1 Å². The average Bonchev–Trinajstić information content (AvgIpc) is 2.74. The van der Waals surface area contributed by atoms with E-state index in [1.165, 1.54) is 17.7 Å². The summed E-state index contributed by atoms with van der Waals surface area (Å²) in [6.07, 6.45) is 9.76. The van der Waals surface area contributed by atoms with E-state index in [4.69, 9.17) is 4.74 Å². The Bertz CT molecular complexity index is 829. The molecule has 1 fully saturated rings. The molecule has 0 radical (unpaired) electrons. The van der Waals surface area contributed by atoms with Gasteiger partial charge >= 0.3 is 5.97 Å². The zero-order chi connectivity index (χ0) is 21.3. The standard InChI is InChI=1S/C24H34N2O3S/c1-29-21-7-8-23-22(16-21)19(9-11-25-23)6-3-5-18-10-13-26(12-4-14-30-2)17-20(18)15-24(27)28/h7-9,11,16,18,20H,3-6,10,12-15,17H2,1-2H3,(H,27,28)/t18-,20+/m1/s1. The highest BCUT2D eigenvalue weighted by Gasteiger charge is 2.30. The van der Waals surface area contributed by atoms with E-state index in [9.17, 15) is 9.90 Å². The number of nitrogens with zero attached hydrogens (tertiary/aromatic N) is 2. The number of aryl methyl sites for hydroxylation is 1. The van der Waals surface area contributed by atoms with Crippen molar-refractivity contribution in [2.75, 3.05) is 38.8 Å². The van der Waals surface area contributed by atoms with Crippen LogP contribution in [0.2, 0.25) is 0 Å². The van der Waals surface area contributed by atoms with Crippen LogP contribution in [0.4, 0.5) is 0 Å². The lowest BCUT2D eigenvalue weighted by molar-refractivity contribution is -0.139. The van der Waals surface area contributed by atoms with Gasteiger partial charge in [0.25, 0.3) is 0 Å². The number of aliphatic carboxylic acids is 1. The summed E-state index contributed by atoms with van der Waals surface area (Å²) >= 11 is 1.88. The van der Waals surface area contributed by atoms with Crippen LogP contribution in [-0.2, 0) is 11.2 Å². The number of benzene rings is 1. The van der Waals surface area contributed by atoms with Gasteiger partial charge in [-0.1, -0.05) is 0 Å².